The van der Waals surface area contributed by atoms with E-state index in [1.807, 2.05) is 6.07 Å². The first-order chi connectivity index (χ1) is 9.66. The molecule has 0 radical (unpaired) electrons. The lowest BCUT2D eigenvalue weighted by Crippen LogP contribution is -2.35. The van der Waals surface area contributed by atoms with Gasteiger partial charge in [0.15, 0.2) is 0 Å². The molecule has 2 aliphatic rings. The minimum absolute atomic E-state index is 0.178. The monoisotopic (exact) mass is 292 g/mol. The molecule has 3 atom stereocenters. The molecule has 3 rings (SSSR count). The highest BCUT2D eigenvalue weighted by Gasteiger charge is 2.37. The molecule has 0 aromatic heterocycles. The number of nitrogens with two attached hydrogens (primary N) is 1. The highest BCUT2D eigenvalue weighted by Crippen LogP contribution is 2.42. The maximum absolute atomic E-state index is 6.54. The summed E-state index contributed by atoms with van der Waals surface area (Å²) >= 11 is 6.54. The Hall–Kier alpha value is -0.730. The Labute approximate surface area is 127 Å². The lowest BCUT2D eigenvalue weighted by atomic mass is 9.85. The van der Waals surface area contributed by atoms with Crippen molar-refractivity contribution in [2.75, 3.05) is 11.4 Å². The van der Waals surface area contributed by atoms with E-state index in [0.29, 0.717) is 6.04 Å². The van der Waals surface area contributed by atoms with Crippen molar-refractivity contribution in [1.29, 1.82) is 0 Å². The van der Waals surface area contributed by atoms with Crippen LogP contribution in [-0.2, 0) is 6.42 Å². The molecule has 2 fully saturated rings. The number of hydrogen-bond donors (Lipinski definition) is 1. The number of rotatable bonds is 3. The number of halogens is 1. The summed E-state index contributed by atoms with van der Waals surface area (Å²) in [5.74, 6) is 0.878. The largest absolute Gasteiger partial charge is 0.367 e. The van der Waals surface area contributed by atoms with Gasteiger partial charge in [-0.1, -0.05) is 36.6 Å². The van der Waals surface area contributed by atoms with Crippen molar-refractivity contribution in [3.05, 3.63) is 28.8 Å². The van der Waals surface area contributed by atoms with Crippen molar-refractivity contribution >= 4 is 17.3 Å². The first-order valence-electron chi connectivity index (χ1n) is 7.96. The molecule has 110 valence electrons. The van der Waals surface area contributed by atoms with Gasteiger partial charge in [0.2, 0.25) is 0 Å². The van der Waals surface area contributed by atoms with Crippen molar-refractivity contribution in [1.82, 2.24) is 0 Å². The van der Waals surface area contributed by atoms with Gasteiger partial charge in [-0.25, -0.2) is 0 Å². The van der Waals surface area contributed by atoms with E-state index < -0.39 is 0 Å². The van der Waals surface area contributed by atoms with Crippen LogP contribution in [0.2, 0.25) is 5.02 Å². The van der Waals surface area contributed by atoms with Gasteiger partial charge in [-0.3, -0.25) is 0 Å². The summed E-state index contributed by atoms with van der Waals surface area (Å²) in [7, 11) is 0. The van der Waals surface area contributed by atoms with Crippen molar-refractivity contribution in [3.63, 3.8) is 0 Å². The number of para-hydroxylation sites is 1. The smallest absolute Gasteiger partial charge is 0.0642 e. The lowest BCUT2D eigenvalue weighted by Gasteiger charge is -2.35. The molecule has 1 heterocycles. The molecular weight excluding hydrogens is 268 g/mol. The minimum atomic E-state index is 0.178. The molecule has 3 unspecified atom stereocenters. The van der Waals surface area contributed by atoms with Gasteiger partial charge in [0.05, 0.1) is 10.7 Å². The van der Waals surface area contributed by atoms with E-state index in [-0.39, 0.29) is 6.04 Å². The Kier molecular flexibility index (Phi) is 4.23. The third kappa shape index (κ3) is 2.68. The normalized spacial score (nSPS) is 27.4. The summed E-state index contributed by atoms with van der Waals surface area (Å²) in [6.45, 7) is 3.23. The first-order valence-corrected chi connectivity index (χ1v) is 8.34. The molecular formula is C17H25ClN2. The SMILES string of the molecule is CC(N)Cc1cccc(Cl)c1N1CCC2CCCCC21. The van der Waals surface area contributed by atoms with Crippen LogP contribution in [0, 0.1) is 5.92 Å². The van der Waals surface area contributed by atoms with E-state index >= 15 is 0 Å². The summed E-state index contributed by atoms with van der Waals surface area (Å²) in [6.07, 6.45) is 7.73. The molecule has 1 aromatic rings. The van der Waals surface area contributed by atoms with Crippen molar-refractivity contribution in [3.8, 4) is 0 Å². The Morgan fingerprint density at radius 3 is 2.90 bits per heavy atom. The number of benzene rings is 1. The average molecular weight is 293 g/mol. The Balaban J connectivity index is 1.92. The fourth-order valence-electron chi connectivity index (χ4n) is 4.08. The lowest BCUT2D eigenvalue weighted by molar-refractivity contribution is 0.342. The topological polar surface area (TPSA) is 29.3 Å². The second kappa shape index (κ2) is 5.95. The highest BCUT2D eigenvalue weighted by atomic mass is 35.5. The van der Waals surface area contributed by atoms with Crippen LogP contribution in [0.25, 0.3) is 0 Å². The van der Waals surface area contributed by atoms with Gasteiger partial charge in [0.1, 0.15) is 0 Å². The fourth-order valence-corrected chi connectivity index (χ4v) is 4.38. The molecule has 1 saturated carbocycles. The number of fused-ring (bicyclic) bond motifs is 1. The highest BCUT2D eigenvalue weighted by molar-refractivity contribution is 6.33. The zero-order chi connectivity index (χ0) is 14.1. The fraction of sp³-hybridized carbons (Fsp3) is 0.647. The standard InChI is InChI=1S/C17H25ClN2/c1-12(19)11-14-6-4-7-15(18)17(14)20-10-9-13-5-2-3-8-16(13)20/h4,6-7,12-13,16H,2-3,5,8-11,19H2,1H3. The Bertz CT molecular complexity index is 472. The number of nitrogens with zero attached hydrogens (tertiary/aromatic N) is 1. The van der Waals surface area contributed by atoms with E-state index in [1.165, 1.54) is 43.4 Å². The Morgan fingerprint density at radius 2 is 2.10 bits per heavy atom. The maximum Gasteiger partial charge on any atom is 0.0642 e. The van der Waals surface area contributed by atoms with E-state index in [4.69, 9.17) is 17.3 Å². The van der Waals surface area contributed by atoms with Crippen molar-refractivity contribution in [2.45, 2.75) is 57.5 Å². The van der Waals surface area contributed by atoms with Crippen LogP contribution in [0.5, 0.6) is 0 Å². The molecule has 2 nitrogen and oxygen atoms in total. The van der Waals surface area contributed by atoms with Crippen LogP contribution in [-0.4, -0.2) is 18.6 Å². The summed E-state index contributed by atoms with van der Waals surface area (Å²) in [5.41, 5.74) is 8.60. The van der Waals surface area contributed by atoms with Gasteiger partial charge < -0.3 is 10.6 Å². The third-order valence-corrected chi connectivity index (χ3v) is 5.21. The summed E-state index contributed by atoms with van der Waals surface area (Å²) in [5, 5.41) is 0.898. The third-order valence-electron chi connectivity index (χ3n) is 4.91. The van der Waals surface area contributed by atoms with Crippen LogP contribution in [0.4, 0.5) is 5.69 Å². The molecule has 0 spiro atoms. The van der Waals surface area contributed by atoms with E-state index in [0.717, 1.165) is 23.9 Å². The second-order valence-electron chi connectivity index (χ2n) is 6.52. The van der Waals surface area contributed by atoms with Crippen molar-refractivity contribution in [2.24, 2.45) is 11.7 Å². The Morgan fingerprint density at radius 1 is 1.30 bits per heavy atom. The number of anilines is 1. The number of hydrogen-bond acceptors (Lipinski definition) is 2. The molecule has 1 aliphatic carbocycles. The second-order valence-corrected chi connectivity index (χ2v) is 6.93. The average Bonchev–Trinajstić information content (AvgIpc) is 2.82. The quantitative estimate of drug-likeness (QED) is 0.912. The van der Waals surface area contributed by atoms with Crippen LogP contribution in [0.15, 0.2) is 18.2 Å². The zero-order valence-corrected chi connectivity index (χ0v) is 13.1. The summed E-state index contributed by atoms with van der Waals surface area (Å²) in [6, 6.07) is 7.16. The zero-order valence-electron chi connectivity index (χ0n) is 12.3. The van der Waals surface area contributed by atoms with Crippen LogP contribution in [0.1, 0.15) is 44.6 Å². The van der Waals surface area contributed by atoms with E-state index in [2.05, 4.69) is 24.0 Å². The van der Waals surface area contributed by atoms with Gasteiger partial charge >= 0.3 is 0 Å². The predicted octanol–water partition coefficient (Wildman–Crippen LogP) is 4.00. The molecule has 20 heavy (non-hydrogen) atoms. The van der Waals surface area contributed by atoms with Gasteiger partial charge in [-0.05, 0) is 50.2 Å². The molecule has 2 N–H and O–H groups in total. The van der Waals surface area contributed by atoms with Gasteiger partial charge in [0.25, 0.3) is 0 Å². The molecule has 1 aliphatic heterocycles. The van der Waals surface area contributed by atoms with Gasteiger partial charge in [0, 0.05) is 18.6 Å². The van der Waals surface area contributed by atoms with Crippen LogP contribution in [0.3, 0.4) is 0 Å². The first kappa shape index (κ1) is 14.2. The summed E-state index contributed by atoms with van der Waals surface area (Å²) < 4.78 is 0. The van der Waals surface area contributed by atoms with Gasteiger partial charge in [-0.15, -0.1) is 0 Å². The van der Waals surface area contributed by atoms with Crippen LogP contribution >= 0.6 is 11.6 Å². The minimum Gasteiger partial charge on any atom is -0.367 e. The molecule has 1 aromatic carbocycles. The maximum atomic E-state index is 6.54. The molecule has 1 saturated heterocycles. The van der Waals surface area contributed by atoms with E-state index in [9.17, 15) is 0 Å². The van der Waals surface area contributed by atoms with Crippen LogP contribution < -0.4 is 10.6 Å². The molecule has 3 heteroatoms. The predicted molar refractivity (Wildman–Crippen MR) is 86.5 cm³/mol. The molecule has 0 amide bonds. The van der Waals surface area contributed by atoms with Crippen molar-refractivity contribution < 1.29 is 0 Å². The summed E-state index contributed by atoms with van der Waals surface area (Å²) in [4.78, 5) is 2.59. The molecule has 0 bridgehead atoms. The van der Waals surface area contributed by atoms with E-state index in [1.54, 1.807) is 0 Å². The van der Waals surface area contributed by atoms with Gasteiger partial charge in [-0.2, -0.15) is 0 Å².